The number of aryl methyl sites for hydroxylation is 2. The zero-order chi connectivity index (χ0) is 36.7. The third-order valence-electron chi connectivity index (χ3n) is 11.2. The van der Waals surface area contributed by atoms with Crippen LogP contribution in [0.4, 0.5) is 17.1 Å². The van der Waals surface area contributed by atoms with Crippen LogP contribution >= 0.6 is 0 Å². The number of benzene rings is 9. The first-order valence-electron chi connectivity index (χ1n) is 18.9. The molecule has 0 saturated carbocycles. The second-order valence-corrected chi connectivity index (χ2v) is 16.0. The number of rotatable bonds is 5. The Morgan fingerprint density at radius 1 is 0.444 bits per heavy atom. The van der Waals surface area contributed by atoms with Crippen molar-refractivity contribution in [3.63, 3.8) is 0 Å². The van der Waals surface area contributed by atoms with Crippen LogP contribution in [0.1, 0.15) is 37.5 Å². The number of anilines is 3. The van der Waals surface area contributed by atoms with Gasteiger partial charge in [-0.1, -0.05) is 130 Å². The fourth-order valence-corrected chi connectivity index (χ4v) is 8.55. The van der Waals surface area contributed by atoms with Crippen LogP contribution < -0.4 is 4.90 Å². The zero-order valence-electron chi connectivity index (χ0n) is 31.4. The van der Waals surface area contributed by atoms with Crippen LogP contribution in [0.2, 0.25) is 0 Å². The third-order valence-corrected chi connectivity index (χ3v) is 11.2. The van der Waals surface area contributed by atoms with Gasteiger partial charge in [-0.15, -0.1) is 0 Å². The Morgan fingerprint density at radius 3 is 1.69 bits per heavy atom. The standard InChI is InChI=1S/C52H41NO/c1-32-10-6-13-39(28-32)53(40-14-7-11-33(2)29-40)41-26-27-43-47(31-41)54-51-45-17-9-15-42-46(30-37-12-8-16-44(50(43)51)48(37)49(42)45)36-20-18-34(19-21-36)35-22-24-38(25-23-35)52(3,4)5/h6-31H,1-5H3. The van der Waals surface area contributed by atoms with Crippen LogP contribution in [-0.4, -0.2) is 0 Å². The van der Waals surface area contributed by atoms with E-state index in [0.29, 0.717) is 0 Å². The molecule has 0 bridgehead atoms. The summed E-state index contributed by atoms with van der Waals surface area (Å²) in [5.41, 5.74) is 14.0. The van der Waals surface area contributed by atoms with E-state index in [0.717, 1.165) is 39.0 Å². The molecule has 0 fully saturated rings. The van der Waals surface area contributed by atoms with Gasteiger partial charge in [-0.05, 0) is 122 Å². The van der Waals surface area contributed by atoms with Crippen molar-refractivity contribution in [2.75, 3.05) is 4.90 Å². The molecule has 0 aliphatic carbocycles. The highest BCUT2D eigenvalue weighted by molar-refractivity contribution is 6.38. The zero-order valence-corrected chi connectivity index (χ0v) is 31.4. The second-order valence-electron chi connectivity index (χ2n) is 16.0. The molecule has 0 atom stereocenters. The lowest BCUT2D eigenvalue weighted by atomic mass is 9.86. The Hall–Kier alpha value is -6.38. The third kappa shape index (κ3) is 5.16. The minimum Gasteiger partial charge on any atom is -0.455 e. The Bertz CT molecular complexity index is 2980. The highest BCUT2D eigenvalue weighted by atomic mass is 16.3. The fourth-order valence-electron chi connectivity index (χ4n) is 8.55. The fraction of sp³-hybridized carbons (Fsp3) is 0.115. The van der Waals surface area contributed by atoms with E-state index in [1.165, 1.54) is 71.3 Å². The van der Waals surface area contributed by atoms with Crippen LogP contribution in [0.5, 0.6) is 0 Å². The minimum atomic E-state index is 0.136. The lowest BCUT2D eigenvalue weighted by Crippen LogP contribution is -2.10. The van der Waals surface area contributed by atoms with Crippen molar-refractivity contribution >= 4 is 71.3 Å². The molecular formula is C52H41NO. The molecule has 0 aliphatic heterocycles. The molecule has 9 aromatic carbocycles. The van der Waals surface area contributed by atoms with Crippen molar-refractivity contribution in [3.05, 3.63) is 174 Å². The predicted molar refractivity (Wildman–Crippen MR) is 231 cm³/mol. The number of hydrogen-bond donors (Lipinski definition) is 0. The van der Waals surface area contributed by atoms with E-state index in [4.69, 9.17) is 4.42 Å². The van der Waals surface area contributed by atoms with Gasteiger partial charge in [0.15, 0.2) is 0 Å². The van der Waals surface area contributed by atoms with Crippen molar-refractivity contribution in [2.45, 2.75) is 40.0 Å². The van der Waals surface area contributed by atoms with Gasteiger partial charge in [0.25, 0.3) is 0 Å². The summed E-state index contributed by atoms with van der Waals surface area (Å²) in [6, 6.07) is 58.0. The molecule has 10 aromatic rings. The molecule has 1 heterocycles. The number of fused-ring (bicyclic) bond motifs is 5. The van der Waals surface area contributed by atoms with Crippen LogP contribution in [0.3, 0.4) is 0 Å². The molecule has 260 valence electrons. The molecule has 0 unspecified atom stereocenters. The molecule has 2 nitrogen and oxygen atoms in total. The smallest absolute Gasteiger partial charge is 0.143 e. The molecule has 0 N–H and O–H groups in total. The highest BCUT2D eigenvalue weighted by Gasteiger charge is 2.22. The van der Waals surface area contributed by atoms with Crippen molar-refractivity contribution in [1.82, 2.24) is 0 Å². The van der Waals surface area contributed by atoms with Crippen molar-refractivity contribution in [2.24, 2.45) is 0 Å². The van der Waals surface area contributed by atoms with Crippen LogP contribution in [0.15, 0.2) is 162 Å². The number of furan rings is 1. The normalized spacial score (nSPS) is 12.2. The molecule has 2 heteroatoms. The van der Waals surface area contributed by atoms with E-state index in [-0.39, 0.29) is 5.41 Å². The first-order valence-corrected chi connectivity index (χ1v) is 18.9. The van der Waals surface area contributed by atoms with Gasteiger partial charge in [-0.3, -0.25) is 0 Å². The first-order chi connectivity index (χ1) is 26.2. The Labute approximate surface area is 316 Å². The van der Waals surface area contributed by atoms with Gasteiger partial charge < -0.3 is 9.32 Å². The molecule has 0 amide bonds. The molecule has 10 rings (SSSR count). The molecule has 54 heavy (non-hydrogen) atoms. The lowest BCUT2D eigenvalue weighted by Gasteiger charge is -2.26. The van der Waals surface area contributed by atoms with Gasteiger partial charge >= 0.3 is 0 Å². The van der Waals surface area contributed by atoms with Gasteiger partial charge in [0.1, 0.15) is 11.2 Å². The molecule has 0 aliphatic rings. The summed E-state index contributed by atoms with van der Waals surface area (Å²) in [7, 11) is 0. The predicted octanol–water partition coefficient (Wildman–Crippen LogP) is 15.2. The van der Waals surface area contributed by atoms with Gasteiger partial charge in [0.05, 0.1) is 0 Å². The summed E-state index contributed by atoms with van der Waals surface area (Å²) in [6.45, 7) is 11.1. The molecule has 0 spiro atoms. The molecular weight excluding hydrogens is 655 g/mol. The topological polar surface area (TPSA) is 16.4 Å². The van der Waals surface area contributed by atoms with Crippen molar-refractivity contribution in [3.8, 4) is 22.3 Å². The first kappa shape index (κ1) is 32.3. The van der Waals surface area contributed by atoms with E-state index in [1.54, 1.807) is 0 Å². The largest absolute Gasteiger partial charge is 0.455 e. The Balaban J connectivity index is 1.14. The van der Waals surface area contributed by atoms with Crippen LogP contribution in [-0.2, 0) is 5.41 Å². The Morgan fingerprint density at radius 2 is 1.02 bits per heavy atom. The van der Waals surface area contributed by atoms with E-state index >= 15 is 0 Å². The average Bonchev–Trinajstić information content (AvgIpc) is 3.57. The van der Waals surface area contributed by atoms with E-state index in [2.05, 4.69) is 197 Å². The van der Waals surface area contributed by atoms with E-state index in [1.807, 2.05) is 0 Å². The summed E-state index contributed by atoms with van der Waals surface area (Å²) in [4.78, 5) is 2.33. The van der Waals surface area contributed by atoms with E-state index < -0.39 is 0 Å². The summed E-state index contributed by atoms with van der Waals surface area (Å²) in [5, 5.41) is 9.72. The van der Waals surface area contributed by atoms with Crippen LogP contribution in [0, 0.1) is 13.8 Å². The van der Waals surface area contributed by atoms with E-state index in [9.17, 15) is 0 Å². The maximum Gasteiger partial charge on any atom is 0.143 e. The summed E-state index contributed by atoms with van der Waals surface area (Å²) in [6.07, 6.45) is 0. The molecule has 1 aromatic heterocycles. The van der Waals surface area contributed by atoms with Crippen molar-refractivity contribution in [1.29, 1.82) is 0 Å². The van der Waals surface area contributed by atoms with Gasteiger partial charge in [-0.2, -0.15) is 0 Å². The second kappa shape index (κ2) is 12.1. The Kier molecular flexibility index (Phi) is 7.22. The number of nitrogens with zero attached hydrogens (tertiary/aromatic N) is 1. The molecule has 0 radical (unpaired) electrons. The lowest BCUT2D eigenvalue weighted by molar-refractivity contribution is 0.590. The SMILES string of the molecule is Cc1cccc(N(c2cccc(C)c2)c2ccc3c(c2)oc2c4cccc5c(-c6ccc(-c7ccc(C(C)(C)C)cc7)cc6)cc6cccc(c32)c6c54)c1. The summed E-state index contributed by atoms with van der Waals surface area (Å²) in [5.74, 6) is 0. The minimum absolute atomic E-state index is 0.136. The summed E-state index contributed by atoms with van der Waals surface area (Å²) >= 11 is 0. The maximum absolute atomic E-state index is 6.99. The average molecular weight is 696 g/mol. The van der Waals surface area contributed by atoms with Crippen molar-refractivity contribution < 1.29 is 4.42 Å². The molecule has 0 saturated heterocycles. The monoisotopic (exact) mass is 695 g/mol. The quantitative estimate of drug-likeness (QED) is 0.167. The van der Waals surface area contributed by atoms with Gasteiger partial charge in [0.2, 0.25) is 0 Å². The van der Waals surface area contributed by atoms with Crippen LogP contribution in [0.25, 0.3) is 76.5 Å². The van der Waals surface area contributed by atoms with Gasteiger partial charge in [0, 0.05) is 44.7 Å². The van der Waals surface area contributed by atoms with Gasteiger partial charge in [-0.25, -0.2) is 0 Å². The summed E-state index contributed by atoms with van der Waals surface area (Å²) < 4.78 is 6.99. The number of hydrogen-bond acceptors (Lipinski definition) is 2. The maximum atomic E-state index is 6.99. The highest BCUT2D eigenvalue weighted by Crippen LogP contribution is 2.48.